The van der Waals surface area contributed by atoms with Gasteiger partial charge in [0.2, 0.25) is 0 Å². The molecule has 2 aromatic carbocycles. The Morgan fingerprint density at radius 2 is 2.05 bits per heavy atom. The second-order valence-electron chi connectivity index (χ2n) is 10.0. The van der Waals surface area contributed by atoms with E-state index in [-0.39, 0.29) is 18.4 Å². The van der Waals surface area contributed by atoms with E-state index in [1.807, 2.05) is 31.2 Å². The maximum atomic E-state index is 11.4. The summed E-state index contributed by atoms with van der Waals surface area (Å²) >= 11 is 0. The van der Waals surface area contributed by atoms with E-state index in [1.165, 1.54) is 28.5 Å². The van der Waals surface area contributed by atoms with Crippen LogP contribution in [0.15, 0.2) is 69.8 Å². The van der Waals surface area contributed by atoms with Crippen LogP contribution in [0.4, 0.5) is 0 Å². The molecule has 0 fully saturated rings. The van der Waals surface area contributed by atoms with Gasteiger partial charge in [0.25, 0.3) is 0 Å². The van der Waals surface area contributed by atoms with Crippen molar-refractivity contribution < 1.29 is 23.6 Å². The van der Waals surface area contributed by atoms with Gasteiger partial charge in [-0.1, -0.05) is 35.5 Å². The first kappa shape index (κ1) is 23.6. The van der Waals surface area contributed by atoms with Crippen LogP contribution in [-0.2, 0) is 30.7 Å². The van der Waals surface area contributed by atoms with E-state index < -0.39 is 5.97 Å². The number of hydrogen-bond acceptors (Lipinski definition) is 6. The topological polar surface area (TPSA) is 88.9 Å². The number of ether oxygens (including phenoxy) is 1. The van der Waals surface area contributed by atoms with Gasteiger partial charge in [0.1, 0.15) is 29.6 Å². The zero-order valence-corrected chi connectivity index (χ0v) is 20.9. The number of carboxylic acids is 1. The van der Waals surface area contributed by atoms with Gasteiger partial charge in [-0.2, -0.15) is 0 Å². The van der Waals surface area contributed by atoms with Gasteiger partial charge in [0, 0.05) is 43.6 Å². The number of carboxylic acid groups (broad SMARTS) is 1. The highest BCUT2D eigenvalue weighted by molar-refractivity contribution is 5.68. The van der Waals surface area contributed by atoms with Gasteiger partial charge >= 0.3 is 5.97 Å². The third kappa shape index (κ3) is 4.91. The highest BCUT2D eigenvalue weighted by Crippen LogP contribution is 2.38. The fraction of sp³-hybridized carbons (Fsp3) is 0.333. The summed E-state index contributed by atoms with van der Waals surface area (Å²) in [6.07, 6.45) is 4.34. The van der Waals surface area contributed by atoms with Crippen molar-refractivity contribution in [1.82, 2.24) is 10.1 Å². The normalized spacial score (nSPS) is 17.8. The van der Waals surface area contributed by atoms with Crippen LogP contribution in [0.2, 0.25) is 0 Å². The molecule has 6 rings (SSSR count). The second-order valence-corrected chi connectivity index (χ2v) is 10.0. The van der Waals surface area contributed by atoms with Crippen LogP contribution in [0.5, 0.6) is 5.75 Å². The van der Waals surface area contributed by atoms with Gasteiger partial charge in [-0.25, -0.2) is 0 Å². The molecule has 190 valence electrons. The zero-order chi connectivity index (χ0) is 25.4. The Bertz CT molecular complexity index is 1390. The van der Waals surface area contributed by atoms with Gasteiger partial charge in [-0.05, 0) is 60.2 Å². The van der Waals surface area contributed by atoms with E-state index in [0.717, 1.165) is 61.7 Å². The van der Waals surface area contributed by atoms with Crippen molar-refractivity contribution >= 4 is 5.97 Å². The van der Waals surface area contributed by atoms with E-state index in [2.05, 4.69) is 34.3 Å². The molecular formula is C30H30N2O5. The minimum atomic E-state index is -0.878. The van der Waals surface area contributed by atoms with Gasteiger partial charge in [-0.3, -0.25) is 9.69 Å². The molecule has 3 heterocycles. The minimum absolute atomic E-state index is 0.00985. The van der Waals surface area contributed by atoms with Crippen LogP contribution in [0.25, 0.3) is 0 Å². The first-order valence-electron chi connectivity index (χ1n) is 12.8. The Morgan fingerprint density at radius 1 is 1.19 bits per heavy atom. The number of carbonyl (C=O) groups is 1. The van der Waals surface area contributed by atoms with E-state index in [1.54, 1.807) is 6.07 Å². The molecule has 7 nitrogen and oxygen atoms in total. The van der Waals surface area contributed by atoms with Crippen molar-refractivity contribution in [2.45, 2.75) is 57.7 Å². The molecule has 37 heavy (non-hydrogen) atoms. The Kier molecular flexibility index (Phi) is 6.30. The molecule has 0 radical (unpaired) electrons. The van der Waals surface area contributed by atoms with E-state index in [0.29, 0.717) is 5.69 Å². The average Bonchev–Trinajstić information content (AvgIpc) is 3.63. The van der Waals surface area contributed by atoms with E-state index in [4.69, 9.17) is 13.7 Å². The summed E-state index contributed by atoms with van der Waals surface area (Å²) < 4.78 is 17.2. The van der Waals surface area contributed by atoms with Gasteiger partial charge in [-0.15, -0.1) is 0 Å². The predicted octanol–water partition coefficient (Wildman–Crippen LogP) is 5.81. The lowest BCUT2D eigenvalue weighted by atomic mass is 9.92. The molecule has 2 aliphatic rings. The molecule has 0 saturated carbocycles. The SMILES string of the molecule is Cc1cc2c(o1)CCN(Cc1cccc3c1CC[C@H]3Oc1ccc([C@H](CC(=O)O)c3ccon3)cc1)C2. The molecule has 2 aromatic heterocycles. The number of rotatable bonds is 8. The smallest absolute Gasteiger partial charge is 0.304 e. The van der Waals surface area contributed by atoms with Crippen molar-refractivity contribution in [2.75, 3.05) is 6.54 Å². The maximum Gasteiger partial charge on any atom is 0.304 e. The van der Waals surface area contributed by atoms with Crippen LogP contribution in [0, 0.1) is 6.92 Å². The number of hydrogen-bond donors (Lipinski definition) is 1. The predicted molar refractivity (Wildman–Crippen MR) is 136 cm³/mol. The number of nitrogens with zero attached hydrogens (tertiary/aromatic N) is 2. The number of aromatic nitrogens is 1. The van der Waals surface area contributed by atoms with Crippen molar-refractivity contribution in [1.29, 1.82) is 0 Å². The molecule has 1 aliphatic carbocycles. The first-order chi connectivity index (χ1) is 18.0. The second kappa shape index (κ2) is 9.90. The summed E-state index contributed by atoms with van der Waals surface area (Å²) in [5.41, 5.74) is 6.86. The monoisotopic (exact) mass is 498 g/mol. The quantitative estimate of drug-likeness (QED) is 0.328. The number of benzene rings is 2. The standard InChI is InChI=1S/C30H30N2O5/c1-19-15-22-18-32(13-11-28(22)36-19)17-21-3-2-4-25-24(21)9-10-29(25)37-23-7-5-20(6-8-23)26(16-30(33)34)27-12-14-35-31-27/h2-8,12,14-15,26,29H,9-11,13,16-18H2,1H3,(H,33,34)/t26-,29+/m0/s1. The number of fused-ring (bicyclic) bond motifs is 2. The summed E-state index contributed by atoms with van der Waals surface area (Å²) in [4.78, 5) is 13.9. The zero-order valence-electron chi connectivity index (χ0n) is 20.9. The van der Waals surface area contributed by atoms with Gasteiger partial charge in [0.05, 0.1) is 12.1 Å². The average molecular weight is 499 g/mol. The molecule has 0 amide bonds. The number of aliphatic carboxylic acids is 1. The number of furan rings is 1. The lowest BCUT2D eigenvalue weighted by Crippen LogP contribution is -2.29. The van der Waals surface area contributed by atoms with E-state index in [9.17, 15) is 9.90 Å². The molecule has 0 saturated heterocycles. The lowest BCUT2D eigenvalue weighted by molar-refractivity contribution is -0.137. The Labute approximate surface area is 215 Å². The summed E-state index contributed by atoms with van der Waals surface area (Å²) in [7, 11) is 0. The van der Waals surface area contributed by atoms with Crippen molar-refractivity contribution in [3.8, 4) is 5.75 Å². The van der Waals surface area contributed by atoms with Crippen LogP contribution < -0.4 is 4.74 Å². The largest absolute Gasteiger partial charge is 0.486 e. The third-order valence-corrected chi connectivity index (χ3v) is 7.53. The lowest BCUT2D eigenvalue weighted by Gasteiger charge is -2.27. The molecule has 0 unspecified atom stereocenters. The molecule has 0 bridgehead atoms. The van der Waals surface area contributed by atoms with Crippen LogP contribution in [-0.4, -0.2) is 27.7 Å². The van der Waals surface area contributed by atoms with E-state index >= 15 is 0 Å². The molecule has 1 N–H and O–H groups in total. The molecule has 2 atom stereocenters. The summed E-state index contributed by atoms with van der Waals surface area (Å²) in [5.74, 6) is 1.67. The third-order valence-electron chi connectivity index (χ3n) is 7.53. The maximum absolute atomic E-state index is 11.4. The Morgan fingerprint density at radius 3 is 2.84 bits per heavy atom. The first-order valence-corrected chi connectivity index (χ1v) is 12.8. The van der Waals surface area contributed by atoms with Crippen LogP contribution in [0.1, 0.15) is 69.9 Å². The molecular weight excluding hydrogens is 468 g/mol. The van der Waals surface area contributed by atoms with Crippen LogP contribution in [0.3, 0.4) is 0 Å². The number of aryl methyl sites for hydroxylation is 1. The van der Waals surface area contributed by atoms with Crippen molar-refractivity contribution in [3.05, 3.63) is 106 Å². The Balaban J connectivity index is 1.15. The highest BCUT2D eigenvalue weighted by Gasteiger charge is 2.28. The summed E-state index contributed by atoms with van der Waals surface area (Å²) in [5, 5.41) is 13.3. The minimum Gasteiger partial charge on any atom is -0.486 e. The molecule has 0 spiro atoms. The van der Waals surface area contributed by atoms with Crippen LogP contribution >= 0.6 is 0 Å². The summed E-state index contributed by atoms with van der Waals surface area (Å²) in [6, 6.07) is 18.1. The highest BCUT2D eigenvalue weighted by atomic mass is 16.5. The van der Waals surface area contributed by atoms with Crippen molar-refractivity contribution in [3.63, 3.8) is 0 Å². The van der Waals surface area contributed by atoms with Crippen molar-refractivity contribution in [2.24, 2.45) is 0 Å². The fourth-order valence-electron chi connectivity index (χ4n) is 5.79. The molecule has 7 heteroatoms. The van der Waals surface area contributed by atoms with Gasteiger partial charge < -0.3 is 18.8 Å². The van der Waals surface area contributed by atoms with Gasteiger partial charge in [0.15, 0.2) is 0 Å². The summed E-state index contributed by atoms with van der Waals surface area (Å²) in [6.45, 7) is 4.89. The molecule has 1 aliphatic heterocycles. The fourth-order valence-corrected chi connectivity index (χ4v) is 5.79. The Hall–Kier alpha value is -3.84. The molecule has 4 aromatic rings.